The second-order valence-electron chi connectivity index (χ2n) is 1.74. The fourth-order valence-corrected chi connectivity index (χ4v) is 0.379. The van der Waals surface area contributed by atoms with E-state index in [1.165, 1.54) is 0 Å². The van der Waals surface area contributed by atoms with Crippen LogP contribution in [0.5, 0.6) is 0 Å². The van der Waals surface area contributed by atoms with Gasteiger partial charge in [-0.05, 0) is 0 Å². The highest BCUT2D eigenvalue weighted by Crippen LogP contribution is 2.13. The molecule has 0 atom stereocenters. The Morgan fingerprint density at radius 2 is 1.75 bits per heavy atom. The molecule has 3 heteroatoms. The molecule has 0 aliphatic rings. The maximum Gasteiger partial charge on any atom is 0.198 e. The molecule has 0 fully saturated rings. The molecule has 2 N–H and O–H groups in total. The highest BCUT2D eigenvalue weighted by Gasteiger charge is 2.22. The summed E-state index contributed by atoms with van der Waals surface area (Å²) in [5.74, 6) is -1.32. The Morgan fingerprint density at radius 1 is 1.38 bits per heavy atom. The minimum Gasteiger partial charge on any atom is -0.363 e. The molecule has 0 bridgehead atoms. The van der Waals surface area contributed by atoms with Crippen LogP contribution >= 0.6 is 0 Å². The van der Waals surface area contributed by atoms with Gasteiger partial charge in [0.05, 0.1) is 0 Å². The van der Waals surface area contributed by atoms with Crippen molar-refractivity contribution in [3.63, 3.8) is 0 Å². The van der Waals surface area contributed by atoms with Crippen molar-refractivity contribution in [2.75, 3.05) is 0 Å². The first kappa shape index (κ1) is 7.88. The van der Waals surface area contributed by atoms with E-state index in [1.807, 2.05) is 0 Å². The molecule has 0 radical (unpaired) electrons. The molecule has 0 aromatic carbocycles. The van der Waals surface area contributed by atoms with Crippen LogP contribution < -0.4 is 0 Å². The fourth-order valence-electron chi connectivity index (χ4n) is 0.379. The van der Waals surface area contributed by atoms with Crippen molar-refractivity contribution in [3.8, 4) is 0 Å². The van der Waals surface area contributed by atoms with Gasteiger partial charge in [0, 0.05) is 12.8 Å². The van der Waals surface area contributed by atoms with Crippen LogP contribution in [0.15, 0.2) is 0 Å². The quantitative estimate of drug-likeness (QED) is 0.331. The molecular weight excluding hydrogens is 108 g/mol. The van der Waals surface area contributed by atoms with E-state index in [9.17, 15) is 0 Å². The SMILES string of the molecule is CCC(O)(CC)OO. The summed E-state index contributed by atoms with van der Waals surface area (Å²) < 4.78 is 0. The molecule has 0 aliphatic heterocycles. The average Bonchev–Trinajstić information content (AvgIpc) is 1.87. The van der Waals surface area contributed by atoms with E-state index in [-0.39, 0.29) is 0 Å². The van der Waals surface area contributed by atoms with E-state index in [4.69, 9.17) is 10.4 Å². The van der Waals surface area contributed by atoms with Gasteiger partial charge in [-0.15, -0.1) is 0 Å². The van der Waals surface area contributed by atoms with E-state index in [2.05, 4.69) is 4.89 Å². The van der Waals surface area contributed by atoms with Crippen molar-refractivity contribution < 1.29 is 15.3 Å². The third-order valence-corrected chi connectivity index (χ3v) is 1.27. The second-order valence-corrected chi connectivity index (χ2v) is 1.74. The molecule has 0 aromatic heterocycles. The lowest BCUT2D eigenvalue weighted by Crippen LogP contribution is -2.28. The first-order valence-corrected chi connectivity index (χ1v) is 2.73. The summed E-state index contributed by atoms with van der Waals surface area (Å²) in [5.41, 5.74) is 0. The fraction of sp³-hybridized carbons (Fsp3) is 1.00. The van der Waals surface area contributed by atoms with Crippen LogP contribution in [0, 0.1) is 0 Å². The Labute approximate surface area is 48.8 Å². The zero-order valence-corrected chi connectivity index (χ0v) is 5.22. The Balaban J connectivity index is 3.58. The topological polar surface area (TPSA) is 49.7 Å². The molecule has 0 spiro atoms. The number of aliphatic hydroxyl groups is 1. The third-order valence-electron chi connectivity index (χ3n) is 1.27. The van der Waals surface area contributed by atoms with Gasteiger partial charge in [0.15, 0.2) is 5.79 Å². The van der Waals surface area contributed by atoms with E-state index in [1.54, 1.807) is 13.8 Å². The molecule has 0 saturated heterocycles. The lowest BCUT2D eigenvalue weighted by atomic mass is 10.2. The van der Waals surface area contributed by atoms with E-state index >= 15 is 0 Å². The van der Waals surface area contributed by atoms with Gasteiger partial charge in [-0.1, -0.05) is 13.8 Å². The predicted octanol–water partition coefficient (Wildman–Crippen LogP) is 0.985. The summed E-state index contributed by atoms with van der Waals surface area (Å²) in [6.45, 7) is 3.47. The van der Waals surface area contributed by atoms with E-state index in [0.717, 1.165) is 0 Å². The predicted molar refractivity (Wildman–Crippen MR) is 29.2 cm³/mol. The van der Waals surface area contributed by atoms with Crippen LogP contribution in [-0.4, -0.2) is 16.2 Å². The van der Waals surface area contributed by atoms with Gasteiger partial charge in [-0.25, -0.2) is 10.1 Å². The van der Waals surface area contributed by atoms with Crippen LogP contribution in [-0.2, 0) is 4.89 Å². The maximum atomic E-state index is 8.97. The van der Waals surface area contributed by atoms with Gasteiger partial charge in [-0.3, -0.25) is 0 Å². The molecule has 0 saturated carbocycles. The first-order chi connectivity index (χ1) is 3.68. The smallest absolute Gasteiger partial charge is 0.198 e. The first-order valence-electron chi connectivity index (χ1n) is 2.73. The average molecular weight is 120 g/mol. The lowest BCUT2D eigenvalue weighted by Gasteiger charge is -2.19. The second kappa shape index (κ2) is 3.02. The Morgan fingerprint density at radius 3 is 1.75 bits per heavy atom. The summed E-state index contributed by atoms with van der Waals surface area (Å²) >= 11 is 0. The molecule has 0 heterocycles. The molecule has 50 valence electrons. The Kier molecular flexibility index (Phi) is 2.97. The monoisotopic (exact) mass is 120 g/mol. The molecule has 0 unspecified atom stereocenters. The molecule has 8 heavy (non-hydrogen) atoms. The van der Waals surface area contributed by atoms with Crippen molar-refractivity contribution in [3.05, 3.63) is 0 Å². The lowest BCUT2D eigenvalue weighted by molar-refractivity contribution is -0.393. The van der Waals surface area contributed by atoms with Gasteiger partial charge in [0.1, 0.15) is 0 Å². The van der Waals surface area contributed by atoms with Gasteiger partial charge in [0.2, 0.25) is 0 Å². The normalized spacial score (nSPS) is 12.0. The summed E-state index contributed by atoms with van der Waals surface area (Å²) in [5, 5.41) is 17.0. The maximum absolute atomic E-state index is 8.97. The van der Waals surface area contributed by atoms with E-state index in [0.29, 0.717) is 12.8 Å². The molecule has 0 aromatic rings. The number of hydrogen-bond donors (Lipinski definition) is 2. The molecule has 0 amide bonds. The van der Waals surface area contributed by atoms with Crippen molar-refractivity contribution in [2.24, 2.45) is 0 Å². The zero-order chi connectivity index (χ0) is 6.62. The Hall–Kier alpha value is -0.120. The van der Waals surface area contributed by atoms with Crippen molar-refractivity contribution in [2.45, 2.75) is 32.5 Å². The highest BCUT2D eigenvalue weighted by molar-refractivity contribution is 4.57. The standard InChI is InChI=1S/C5H12O3/c1-3-5(6,4-2)8-7/h6-7H,3-4H2,1-2H3. The van der Waals surface area contributed by atoms with Crippen molar-refractivity contribution in [1.82, 2.24) is 0 Å². The van der Waals surface area contributed by atoms with Gasteiger partial charge < -0.3 is 5.11 Å². The van der Waals surface area contributed by atoms with Gasteiger partial charge in [-0.2, -0.15) is 0 Å². The summed E-state index contributed by atoms with van der Waals surface area (Å²) in [6.07, 6.45) is 0.806. The number of rotatable bonds is 3. The van der Waals surface area contributed by atoms with Crippen LogP contribution in [0.25, 0.3) is 0 Å². The minimum absolute atomic E-state index is 0.403. The molecular formula is C5H12O3. The number of hydrogen-bond acceptors (Lipinski definition) is 3. The summed E-state index contributed by atoms with van der Waals surface area (Å²) in [4.78, 5) is 3.79. The largest absolute Gasteiger partial charge is 0.363 e. The van der Waals surface area contributed by atoms with Crippen LogP contribution in [0.4, 0.5) is 0 Å². The van der Waals surface area contributed by atoms with Crippen LogP contribution in [0.3, 0.4) is 0 Å². The Bertz CT molecular complexity index is 50.4. The van der Waals surface area contributed by atoms with Crippen molar-refractivity contribution in [1.29, 1.82) is 0 Å². The van der Waals surface area contributed by atoms with Crippen LogP contribution in [0.2, 0.25) is 0 Å². The third kappa shape index (κ3) is 1.78. The minimum atomic E-state index is -1.32. The van der Waals surface area contributed by atoms with Crippen LogP contribution in [0.1, 0.15) is 26.7 Å². The summed E-state index contributed by atoms with van der Waals surface area (Å²) in [6, 6.07) is 0. The molecule has 3 nitrogen and oxygen atoms in total. The molecule has 0 rings (SSSR count). The van der Waals surface area contributed by atoms with E-state index < -0.39 is 5.79 Å². The molecule has 0 aliphatic carbocycles. The zero-order valence-electron chi connectivity index (χ0n) is 5.22. The van der Waals surface area contributed by atoms with Crippen molar-refractivity contribution >= 4 is 0 Å². The highest BCUT2D eigenvalue weighted by atomic mass is 17.1. The summed E-state index contributed by atoms with van der Waals surface area (Å²) in [7, 11) is 0. The van der Waals surface area contributed by atoms with Gasteiger partial charge in [0.25, 0.3) is 0 Å². The van der Waals surface area contributed by atoms with Gasteiger partial charge >= 0.3 is 0 Å².